The van der Waals surface area contributed by atoms with Crippen molar-refractivity contribution < 1.29 is 23.0 Å². The summed E-state index contributed by atoms with van der Waals surface area (Å²) in [6.45, 7) is 3.91. The van der Waals surface area contributed by atoms with Crippen molar-refractivity contribution in [3.8, 4) is 17.2 Å². The lowest BCUT2D eigenvalue weighted by Crippen LogP contribution is -2.25. The lowest BCUT2D eigenvalue weighted by molar-refractivity contribution is -0.286. The molecule has 0 saturated heterocycles. The molecule has 0 unspecified atom stereocenters. The van der Waals surface area contributed by atoms with Crippen molar-refractivity contribution in [1.82, 2.24) is 20.2 Å². The second kappa shape index (κ2) is 7.32. The number of nitrogens with zero attached hydrogens (tertiary/aromatic N) is 4. The molecule has 8 nitrogen and oxygen atoms in total. The first kappa shape index (κ1) is 19.1. The van der Waals surface area contributed by atoms with Crippen LogP contribution in [0, 0.1) is 13.8 Å². The van der Waals surface area contributed by atoms with Gasteiger partial charge in [-0.3, -0.25) is 4.79 Å². The Morgan fingerprint density at radius 1 is 1.17 bits per heavy atom. The summed E-state index contributed by atoms with van der Waals surface area (Å²) in [5.74, 6) is -0.555. The number of fused-ring (bicyclic) bond motifs is 1. The number of aromatic nitrogens is 4. The van der Waals surface area contributed by atoms with Crippen LogP contribution in [-0.2, 0) is 4.79 Å². The molecule has 2 aromatic carbocycles. The number of hydrogen-bond acceptors (Lipinski definition) is 7. The average molecular weight is 419 g/mol. The van der Waals surface area contributed by atoms with Crippen LogP contribution in [0.5, 0.6) is 11.5 Å². The number of anilines is 1. The van der Waals surface area contributed by atoms with E-state index >= 15 is 0 Å². The van der Waals surface area contributed by atoms with Gasteiger partial charge in [-0.25, -0.2) is 0 Å². The minimum atomic E-state index is -3.70. The Bertz CT molecular complexity index is 1090. The smallest absolute Gasteiger partial charge is 0.395 e. The van der Waals surface area contributed by atoms with Crippen molar-refractivity contribution in [2.75, 3.05) is 11.1 Å². The first-order valence-corrected chi connectivity index (χ1v) is 9.48. The quantitative estimate of drug-likeness (QED) is 0.634. The number of tetrazole rings is 1. The number of halogens is 2. The molecule has 1 amide bonds. The zero-order chi connectivity index (χ0) is 20.6. The lowest BCUT2D eigenvalue weighted by atomic mass is 10.1. The van der Waals surface area contributed by atoms with E-state index in [0.717, 1.165) is 28.6 Å². The third kappa shape index (κ3) is 4.14. The Labute approximate surface area is 168 Å². The van der Waals surface area contributed by atoms with Gasteiger partial charge >= 0.3 is 6.29 Å². The van der Waals surface area contributed by atoms with Crippen LogP contribution in [0.25, 0.3) is 5.69 Å². The van der Waals surface area contributed by atoms with Gasteiger partial charge in [-0.05, 0) is 53.6 Å². The van der Waals surface area contributed by atoms with Gasteiger partial charge in [0.1, 0.15) is 0 Å². The van der Waals surface area contributed by atoms with Crippen molar-refractivity contribution in [2.24, 2.45) is 0 Å². The Kier molecular flexibility index (Phi) is 4.82. The van der Waals surface area contributed by atoms with Crippen molar-refractivity contribution >= 4 is 23.4 Å². The fourth-order valence-electron chi connectivity index (χ4n) is 2.72. The summed E-state index contributed by atoms with van der Waals surface area (Å²) in [4.78, 5) is 12.3. The molecule has 1 aromatic heterocycles. The topological polar surface area (TPSA) is 91.2 Å². The normalized spacial score (nSPS) is 14.1. The van der Waals surface area contributed by atoms with Crippen molar-refractivity contribution in [1.29, 1.82) is 0 Å². The fraction of sp³-hybridized carbons (Fsp3) is 0.222. The molecule has 29 heavy (non-hydrogen) atoms. The lowest BCUT2D eigenvalue weighted by Gasteiger charge is -2.09. The molecule has 1 aliphatic rings. The van der Waals surface area contributed by atoms with Crippen molar-refractivity contribution in [3.05, 3.63) is 47.5 Å². The number of carbonyl (C=O) groups is 1. The third-order valence-corrected chi connectivity index (χ3v) is 4.97. The molecule has 0 fully saturated rings. The Morgan fingerprint density at radius 3 is 2.79 bits per heavy atom. The van der Waals surface area contributed by atoms with E-state index in [0.29, 0.717) is 10.8 Å². The van der Waals surface area contributed by atoms with Gasteiger partial charge in [0.25, 0.3) is 0 Å². The fourth-order valence-corrected chi connectivity index (χ4v) is 3.41. The van der Waals surface area contributed by atoms with Gasteiger partial charge in [-0.15, -0.1) is 13.9 Å². The highest BCUT2D eigenvalue weighted by Crippen LogP contribution is 2.42. The van der Waals surface area contributed by atoms with E-state index in [4.69, 9.17) is 0 Å². The van der Waals surface area contributed by atoms with Crippen LogP contribution >= 0.6 is 11.8 Å². The monoisotopic (exact) mass is 419 g/mol. The Balaban J connectivity index is 1.42. The minimum absolute atomic E-state index is 0.0236. The molecule has 0 atom stereocenters. The molecule has 11 heteroatoms. The van der Waals surface area contributed by atoms with Gasteiger partial charge in [-0.1, -0.05) is 23.9 Å². The van der Waals surface area contributed by atoms with Crippen molar-refractivity contribution in [2.45, 2.75) is 25.3 Å². The van der Waals surface area contributed by atoms with Crippen LogP contribution in [0.2, 0.25) is 0 Å². The summed E-state index contributed by atoms with van der Waals surface area (Å²) in [5, 5.41) is 14.7. The van der Waals surface area contributed by atoms with E-state index in [2.05, 4.69) is 30.3 Å². The number of thioether (sulfide) groups is 1. The molecule has 0 saturated carbocycles. The predicted molar refractivity (Wildman–Crippen MR) is 101 cm³/mol. The highest BCUT2D eigenvalue weighted by molar-refractivity contribution is 7.99. The summed E-state index contributed by atoms with van der Waals surface area (Å²) in [6.07, 6.45) is -3.70. The molecule has 1 aliphatic heterocycles. The second-order valence-electron chi connectivity index (χ2n) is 6.33. The van der Waals surface area contributed by atoms with Crippen LogP contribution in [0.15, 0.2) is 41.6 Å². The number of ether oxygens (including phenoxy) is 2. The highest BCUT2D eigenvalue weighted by Gasteiger charge is 2.43. The summed E-state index contributed by atoms with van der Waals surface area (Å²) in [7, 11) is 0. The Morgan fingerprint density at radius 2 is 1.97 bits per heavy atom. The molecule has 0 aliphatic carbocycles. The standard InChI is InChI=1S/C18H15F2N5O3S/c1-10-3-4-11(2)13(7-10)25-17(22-23-24-25)29-9-16(26)21-12-5-6-14-15(8-12)28-18(19,20)27-14/h3-8H,9H2,1-2H3,(H,21,26). The first-order valence-electron chi connectivity index (χ1n) is 8.49. The van der Waals surface area contributed by atoms with Gasteiger partial charge < -0.3 is 14.8 Å². The van der Waals surface area contributed by atoms with Crippen LogP contribution in [0.3, 0.4) is 0 Å². The molecule has 4 rings (SSSR count). The maximum atomic E-state index is 13.1. The minimum Gasteiger partial charge on any atom is -0.395 e. The molecule has 1 N–H and O–H groups in total. The van der Waals surface area contributed by atoms with E-state index in [1.54, 1.807) is 4.68 Å². The molecule has 2 heterocycles. The van der Waals surface area contributed by atoms with Gasteiger partial charge in [0.2, 0.25) is 11.1 Å². The summed E-state index contributed by atoms with van der Waals surface area (Å²) >= 11 is 1.15. The molecule has 0 radical (unpaired) electrons. The molecule has 0 spiro atoms. The number of nitrogens with one attached hydrogen (secondary N) is 1. The first-order chi connectivity index (χ1) is 13.8. The summed E-state index contributed by atoms with van der Waals surface area (Å²) < 4.78 is 36.4. The maximum absolute atomic E-state index is 13.1. The third-order valence-electron chi connectivity index (χ3n) is 4.05. The van der Waals surface area contributed by atoms with Gasteiger partial charge in [0.05, 0.1) is 11.4 Å². The Hall–Kier alpha value is -3.21. The molecule has 150 valence electrons. The zero-order valence-corrected chi connectivity index (χ0v) is 16.2. The zero-order valence-electron chi connectivity index (χ0n) is 15.3. The number of benzene rings is 2. The van der Waals surface area contributed by atoms with Crippen LogP contribution in [0.1, 0.15) is 11.1 Å². The van der Waals surface area contributed by atoms with E-state index in [-0.39, 0.29) is 23.2 Å². The number of rotatable bonds is 5. The van der Waals surface area contributed by atoms with Crippen molar-refractivity contribution in [3.63, 3.8) is 0 Å². The summed E-state index contributed by atoms with van der Waals surface area (Å²) in [6, 6.07) is 9.95. The SMILES string of the molecule is Cc1ccc(C)c(-n2nnnc2SCC(=O)Nc2ccc3c(c2)OC(F)(F)O3)c1. The largest absolute Gasteiger partial charge is 0.586 e. The molecule has 3 aromatic rings. The van der Waals surface area contributed by atoms with Crippen LogP contribution in [0.4, 0.5) is 14.5 Å². The number of hydrogen-bond donors (Lipinski definition) is 1. The van der Waals surface area contributed by atoms with Crippen LogP contribution < -0.4 is 14.8 Å². The van der Waals surface area contributed by atoms with E-state index < -0.39 is 6.29 Å². The van der Waals surface area contributed by atoms with E-state index in [9.17, 15) is 13.6 Å². The summed E-state index contributed by atoms with van der Waals surface area (Å²) in [5.41, 5.74) is 3.19. The number of amides is 1. The molecular formula is C18H15F2N5O3S. The molecular weight excluding hydrogens is 404 g/mol. The van der Waals surface area contributed by atoms with Gasteiger partial charge in [0.15, 0.2) is 11.5 Å². The number of aryl methyl sites for hydroxylation is 2. The number of alkyl halides is 2. The van der Waals surface area contributed by atoms with Gasteiger partial charge in [-0.2, -0.15) is 4.68 Å². The molecule has 0 bridgehead atoms. The number of carbonyl (C=O) groups excluding carboxylic acids is 1. The highest BCUT2D eigenvalue weighted by atomic mass is 32.2. The van der Waals surface area contributed by atoms with Crippen LogP contribution in [-0.4, -0.2) is 38.2 Å². The predicted octanol–water partition coefficient (Wildman–Crippen LogP) is 3.33. The van der Waals surface area contributed by atoms with E-state index in [1.807, 2.05) is 32.0 Å². The van der Waals surface area contributed by atoms with Gasteiger partial charge in [0, 0.05) is 11.8 Å². The second-order valence-corrected chi connectivity index (χ2v) is 7.27. The van der Waals surface area contributed by atoms with E-state index in [1.165, 1.54) is 18.2 Å². The average Bonchev–Trinajstić information content (AvgIpc) is 3.24. The maximum Gasteiger partial charge on any atom is 0.586 e.